The van der Waals surface area contributed by atoms with Gasteiger partial charge in [0.2, 0.25) is 0 Å². The largest absolute Gasteiger partial charge is 0.493 e. The van der Waals surface area contributed by atoms with Gasteiger partial charge in [-0.1, -0.05) is 12.1 Å². The van der Waals surface area contributed by atoms with Gasteiger partial charge in [-0.15, -0.1) is 0 Å². The van der Waals surface area contributed by atoms with Gasteiger partial charge in [0.1, 0.15) is 5.82 Å². The molecule has 0 atom stereocenters. The number of aromatic nitrogens is 2. The fourth-order valence-electron chi connectivity index (χ4n) is 2.75. The summed E-state index contributed by atoms with van der Waals surface area (Å²) in [6.07, 6.45) is 0. The number of para-hydroxylation sites is 2. The zero-order chi connectivity index (χ0) is 17.1. The number of rotatable bonds is 6. The Hall–Kier alpha value is -2.05. The van der Waals surface area contributed by atoms with Crippen LogP contribution in [0.15, 0.2) is 40.9 Å². The van der Waals surface area contributed by atoms with Crippen molar-refractivity contribution in [2.24, 2.45) is 7.05 Å². The van der Waals surface area contributed by atoms with Crippen LogP contribution in [0, 0.1) is 0 Å². The maximum absolute atomic E-state index is 5.38. The van der Waals surface area contributed by atoms with Gasteiger partial charge in [-0.05, 0) is 45.8 Å². The highest BCUT2D eigenvalue weighted by molar-refractivity contribution is 9.10. The van der Waals surface area contributed by atoms with Crippen molar-refractivity contribution in [1.29, 1.82) is 0 Å². The van der Waals surface area contributed by atoms with E-state index in [1.54, 1.807) is 14.2 Å². The SMILES string of the molecule is COc1cc(CNCc2nc3ccccc3n2C)cc(Br)c1OC. The van der Waals surface area contributed by atoms with Gasteiger partial charge >= 0.3 is 0 Å². The molecule has 0 aliphatic carbocycles. The summed E-state index contributed by atoms with van der Waals surface area (Å²) in [5.74, 6) is 2.43. The molecule has 0 bridgehead atoms. The molecule has 3 aromatic rings. The number of nitrogens with zero attached hydrogens (tertiary/aromatic N) is 2. The minimum absolute atomic E-state index is 0.692. The molecule has 0 saturated carbocycles. The molecule has 24 heavy (non-hydrogen) atoms. The molecule has 3 rings (SSSR count). The van der Waals surface area contributed by atoms with Crippen LogP contribution < -0.4 is 14.8 Å². The lowest BCUT2D eigenvalue weighted by Gasteiger charge is -2.12. The van der Waals surface area contributed by atoms with Crippen LogP contribution in [0.25, 0.3) is 11.0 Å². The number of hydrogen-bond donors (Lipinski definition) is 1. The van der Waals surface area contributed by atoms with E-state index in [2.05, 4.69) is 36.9 Å². The van der Waals surface area contributed by atoms with Gasteiger partial charge in [-0.3, -0.25) is 0 Å². The predicted molar refractivity (Wildman–Crippen MR) is 98.5 cm³/mol. The van der Waals surface area contributed by atoms with Gasteiger partial charge in [0.05, 0.1) is 36.3 Å². The number of imidazole rings is 1. The molecular formula is C18H20BrN3O2. The molecular weight excluding hydrogens is 370 g/mol. The summed E-state index contributed by atoms with van der Waals surface area (Å²) < 4.78 is 13.7. The van der Waals surface area contributed by atoms with E-state index in [4.69, 9.17) is 9.47 Å². The van der Waals surface area contributed by atoms with Gasteiger partial charge in [0.25, 0.3) is 0 Å². The summed E-state index contributed by atoms with van der Waals surface area (Å²) in [6, 6.07) is 12.2. The van der Waals surface area contributed by atoms with Crippen molar-refractivity contribution in [3.8, 4) is 11.5 Å². The lowest BCUT2D eigenvalue weighted by Crippen LogP contribution is -2.16. The van der Waals surface area contributed by atoms with Gasteiger partial charge in [-0.2, -0.15) is 0 Å². The van der Waals surface area contributed by atoms with E-state index < -0.39 is 0 Å². The molecule has 1 aromatic heterocycles. The van der Waals surface area contributed by atoms with Crippen molar-refractivity contribution >= 4 is 27.0 Å². The van der Waals surface area contributed by atoms with E-state index in [0.29, 0.717) is 24.6 Å². The summed E-state index contributed by atoms with van der Waals surface area (Å²) in [7, 11) is 5.31. The molecule has 0 radical (unpaired) electrons. The second-order valence-electron chi connectivity index (χ2n) is 5.49. The average Bonchev–Trinajstić information content (AvgIpc) is 2.91. The highest BCUT2D eigenvalue weighted by atomic mass is 79.9. The fourth-order valence-corrected chi connectivity index (χ4v) is 3.40. The van der Waals surface area contributed by atoms with Crippen LogP contribution in [0.3, 0.4) is 0 Å². The topological polar surface area (TPSA) is 48.3 Å². The molecule has 0 unspecified atom stereocenters. The highest BCUT2D eigenvalue weighted by Gasteiger charge is 2.11. The molecule has 0 saturated heterocycles. The number of fused-ring (bicyclic) bond motifs is 1. The Bertz CT molecular complexity index is 861. The second kappa shape index (κ2) is 7.23. The zero-order valence-electron chi connectivity index (χ0n) is 14.0. The smallest absolute Gasteiger partial charge is 0.174 e. The summed E-state index contributed by atoms with van der Waals surface area (Å²) >= 11 is 3.52. The predicted octanol–water partition coefficient (Wildman–Crippen LogP) is 3.64. The van der Waals surface area contributed by atoms with Crippen LogP contribution in [0.5, 0.6) is 11.5 Å². The van der Waals surface area contributed by atoms with Crippen molar-refractivity contribution in [3.05, 3.63) is 52.3 Å². The highest BCUT2D eigenvalue weighted by Crippen LogP contribution is 2.36. The van der Waals surface area contributed by atoms with E-state index in [1.807, 2.05) is 37.4 Å². The molecule has 0 amide bonds. The minimum Gasteiger partial charge on any atom is -0.493 e. The summed E-state index contributed by atoms with van der Waals surface area (Å²) in [5, 5.41) is 3.44. The van der Waals surface area contributed by atoms with Crippen LogP contribution in [0.4, 0.5) is 0 Å². The van der Waals surface area contributed by atoms with E-state index in [0.717, 1.165) is 26.9 Å². The second-order valence-corrected chi connectivity index (χ2v) is 6.35. The van der Waals surface area contributed by atoms with Crippen LogP contribution in [-0.4, -0.2) is 23.8 Å². The molecule has 126 valence electrons. The standard InChI is InChI=1S/C18H20BrN3O2/c1-22-15-7-5-4-6-14(15)21-17(22)11-20-10-12-8-13(19)18(24-3)16(9-12)23-2/h4-9,20H,10-11H2,1-3H3. The third kappa shape index (κ3) is 3.25. The number of ether oxygens (including phenoxy) is 2. The van der Waals surface area contributed by atoms with Crippen molar-refractivity contribution in [3.63, 3.8) is 0 Å². The normalized spacial score (nSPS) is 11.0. The first-order valence-electron chi connectivity index (χ1n) is 7.65. The first-order chi connectivity index (χ1) is 11.6. The molecule has 6 heteroatoms. The summed E-state index contributed by atoms with van der Waals surface area (Å²) in [6.45, 7) is 1.40. The Morgan fingerprint density at radius 1 is 1.12 bits per heavy atom. The maximum atomic E-state index is 5.38. The van der Waals surface area contributed by atoms with Gasteiger partial charge < -0.3 is 19.4 Å². The van der Waals surface area contributed by atoms with Gasteiger partial charge in [-0.25, -0.2) is 4.98 Å². The summed E-state index contributed by atoms with van der Waals surface area (Å²) in [4.78, 5) is 4.67. The number of nitrogens with one attached hydrogen (secondary N) is 1. The van der Waals surface area contributed by atoms with E-state index >= 15 is 0 Å². The van der Waals surface area contributed by atoms with Crippen molar-refractivity contribution in [2.45, 2.75) is 13.1 Å². The Morgan fingerprint density at radius 2 is 1.92 bits per heavy atom. The quantitative estimate of drug-likeness (QED) is 0.698. The lowest BCUT2D eigenvalue weighted by atomic mass is 10.2. The van der Waals surface area contributed by atoms with Crippen LogP contribution in [-0.2, 0) is 20.1 Å². The van der Waals surface area contributed by atoms with Crippen molar-refractivity contribution in [1.82, 2.24) is 14.9 Å². The molecule has 1 heterocycles. The first-order valence-corrected chi connectivity index (χ1v) is 8.44. The Labute approximate surface area is 149 Å². The molecule has 5 nitrogen and oxygen atoms in total. The van der Waals surface area contributed by atoms with E-state index in [1.165, 1.54) is 0 Å². The Kier molecular flexibility index (Phi) is 5.06. The van der Waals surface area contributed by atoms with Crippen LogP contribution >= 0.6 is 15.9 Å². The monoisotopic (exact) mass is 389 g/mol. The third-order valence-electron chi connectivity index (χ3n) is 3.99. The summed E-state index contributed by atoms with van der Waals surface area (Å²) in [5.41, 5.74) is 3.27. The maximum Gasteiger partial charge on any atom is 0.174 e. The molecule has 0 aliphatic heterocycles. The number of hydrogen-bond acceptors (Lipinski definition) is 4. The number of aryl methyl sites for hydroxylation is 1. The first kappa shape index (κ1) is 16.8. The fraction of sp³-hybridized carbons (Fsp3) is 0.278. The minimum atomic E-state index is 0.692. The van der Waals surface area contributed by atoms with Crippen LogP contribution in [0.2, 0.25) is 0 Å². The molecule has 0 spiro atoms. The average molecular weight is 390 g/mol. The number of benzene rings is 2. The Balaban J connectivity index is 1.72. The van der Waals surface area contributed by atoms with Crippen LogP contribution in [0.1, 0.15) is 11.4 Å². The number of halogens is 1. The molecule has 0 fully saturated rings. The van der Waals surface area contributed by atoms with Crippen molar-refractivity contribution in [2.75, 3.05) is 14.2 Å². The molecule has 1 N–H and O–H groups in total. The lowest BCUT2D eigenvalue weighted by molar-refractivity contribution is 0.352. The van der Waals surface area contributed by atoms with Gasteiger partial charge in [0.15, 0.2) is 11.5 Å². The zero-order valence-corrected chi connectivity index (χ0v) is 15.6. The van der Waals surface area contributed by atoms with Crippen molar-refractivity contribution < 1.29 is 9.47 Å². The van der Waals surface area contributed by atoms with E-state index in [9.17, 15) is 0 Å². The van der Waals surface area contributed by atoms with E-state index in [-0.39, 0.29) is 0 Å². The third-order valence-corrected chi connectivity index (χ3v) is 4.57. The van der Waals surface area contributed by atoms with Gasteiger partial charge in [0, 0.05) is 13.6 Å². The number of methoxy groups -OCH3 is 2. The Morgan fingerprint density at radius 3 is 2.62 bits per heavy atom. The molecule has 0 aliphatic rings. The molecule has 2 aromatic carbocycles.